The van der Waals surface area contributed by atoms with E-state index < -0.39 is 10.0 Å². The van der Waals surface area contributed by atoms with Gasteiger partial charge >= 0.3 is 0 Å². The average molecular weight is 321 g/mol. The molecule has 5 nitrogen and oxygen atoms in total. The zero-order valence-corrected chi connectivity index (χ0v) is 11.6. The van der Waals surface area contributed by atoms with Gasteiger partial charge in [-0.2, -0.15) is 0 Å². The van der Waals surface area contributed by atoms with Gasteiger partial charge < -0.3 is 5.32 Å². The van der Waals surface area contributed by atoms with E-state index in [4.69, 9.17) is 5.14 Å². The second-order valence-electron chi connectivity index (χ2n) is 3.59. The molecule has 0 saturated heterocycles. The van der Waals surface area contributed by atoms with E-state index in [-0.39, 0.29) is 18.2 Å². The molecular formula is C10H13BrN2O3S. The van der Waals surface area contributed by atoms with Crippen molar-refractivity contribution in [1.29, 1.82) is 0 Å². The van der Waals surface area contributed by atoms with Gasteiger partial charge in [-0.3, -0.25) is 4.79 Å². The Morgan fingerprint density at radius 3 is 2.65 bits per heavy atom. The third-order valence-corrected chi connectivity index (χ3v) is 3.76. The number of hydrogen-bond donors (Lipinski definition) is 2. The lowest BCUT2D eigenvalue weighted by molar-refractivity contribution is 0.0956. The second-order valence-corrected chi connectivity index (χ2v) is 6.18. The number of amides is 1. The molecule has 0 fully saturated rings. The van der Waals surface area contributed by atoms with Gasteiger partial charge in [0.05, 0.1) is 5.75 Å². The molecular weight excluding hydrogens is 308 g/mol. The molecule has 3 N–H and O–H groups in total. The number of halogens is 1. The number of nitrogens with two attached hydrogens (primary N) is 1. The molecule has 0 atom stereocenters. The number of nitrogens with one attached hydrogen (secondary N) is 1. The van der Waals surface area contributed by atoms with Gasteiger partial charge in [0.15, 0.2) is 0 Å². The highest BCUT2D eigenvalue weighted by atomic mass is 79.9. The first kappa shape index (κ1) is 14.1. The molecule has 0 unspecified atom stereocenters. The van der Waals surface area contributed by atoms with Crippen LogP contribution in [0.5, 0.6) is 0 Å². The number of carbonyl (C=O) groups excluding carboxylic acids is 1. The molecule has 0 aliphatic carbocycles. The SMILES string of the molecule is Cc1cc(C(=O)NCCS(N)(=O)=O)ccc1Br. The Hall–Kier alpha value is -0.920. The quantitative estimate of drug-likeness (QED) is 0.859. The van der Waals surface area contributed by atoms with Crippen molar-refractivity contribution in [3.8, 4) is 0 Å². The molecule has 7 heteroatoms. The van der Waals surface area contributed by atoms with Crippen LogP contribution >= 0.6 is 15.9 Å². The van der Waals surface area contributed by atoms with Gasteiger partial charge in [-0.05, 0) is 30.7 Å². The number of aryl methyl sites for hydroxylation is 1. The number of hydrogen-bond acceptors (Lipinski definition) is 3. The maximum Gasteiger partial charge on any atom is 0.251 e. The zero-order chi connectivity index (χ0) is 13.1. The first-order valence-electron chi connectivity index (χ1n) is 4.84. The maximum absolute atomic E-state index is 11.6. The fourth-order valence-corrected chi connectivity index (χ4v) is 1.83. The minimum Gasteiger partial charge on any atom is -0.351 e. The predicted octanol–water partition coefficient (Wildman–Crippen LogP) is 0.776. The van der Waals surface area contributed by atoms with Gasteiger partial charge in [-0.1, -0.05) is 15.9 Å². The van der Waals surface area contributed by atoms with Crippen LogP contribution in [0.1, 0.15) is 15.9 Å². The van der Waals surface area contributed by atoms with Crippen molar-refractivity contribution in [1.82, 2.24) is 5.32 Å². The molecule has 0 spiro atoms. The average Bonchev–Trinajstić information content (AvgIpc) is 2.20. The van der Waals surface area contributed by atoms with Gasteiger partial charge in [0.2, 0.25) is 10.0 Å². The van der Waals surface area contributed by atoms with Crippen LogP contribution in [0.25, 0.3) is 0 Å². The number of sulfonamides is 1. The Morgan fingerprint density at radius 1 is 1.47 bits per heavy atom. The smallest absolute Gasteiger partial charge is 0.251 e. The largest absolute Gasteiger partial charge is 0.351 e. The normalized spacial score (nSPS) is 11.2. The number of rotatable bonds is 4. The van der Waals surface area contributed by atoms with Crippen molar-refractivity contribution in [3.05, 3.63) is 33.8 Å². The Bertz CT molecular complexity index is 528. The first-order chi connectivity index (χ1) is 7.79. The minimum atomic E-state index is -3.54. The zero-order valence-electron chi connectivity index (χ0n) is 9.23. The van der Waals surface area contributed by atoms with Crippen LogP contribution in [0.2, 0.25) is 0 Å². The summed E-state index contributed by atoms with van der Waals surface area (Å²) in [5.74, 6) is -0.585. The topological polar surface area (TPSA) is 89.3 Å². The predicted molar refractivity (Wildman–Crippen MR) is 69.2 cm³/mol. The summed E-state index contributed by atoms with van der Waals surface area (Å²) in [5.41, 5.74) is 1.42. The molecule has 0 aromatic heterocycles. The van der Waals surface area contributed by atoms with E-state index in [1.807, 2.05) is 6.92 Å². The van der Waals surface area contributed by atoms with Crippen molar-refractivity contribution < 1.29 is 13.2 Å². The van der Waals surface area contributed by atoms with Gasteiger partial charge in [-0.15, -0.1) is 0 Å². The Morgan fingerprint density at radius 2 is 2.12 bits per heavy atom. The molecule has 0 saturated carbocycles. The summed E-state index contributed by atoms with van der Waals surface area (Å²) in [7, 11) is -3.54. The number of carbonyl (C=O) groups is 1. The number of primary sulfonamides is 1. The summed E-state index contributed by atoms with van der Waals surface area (Å²) in [5, 5.41) is 7.31. The molecule has 0 bridgehead atoms. The lowest BCUT2D eigenvalue weighted by Crippen LogP contribution is -2.31. The minimum absolute atomic E-state index is 0.00672. The van der Waals surface area contributed by atoms with E-state index >= 15 is 0 Å². The molecule has 0 heterocycles. The van der Waals surface area contributed by atoms with E-state index in [0.717, 1.165) is 10.0 Å². The van der Waals surface area contributed by atoms with Gasteiger partial charge in [0.25, 0.3) is 5.91 Å². The fourth-order valence-electron chi connectivity index (χ4n) is 1.19. The van der Waals surface area contributed by atoms with Crippen molar-refractivity contribution >= 4 is 31.9 Å². The first-order valence-corrected chi connectivity index (χ1v) is 7.35. The summed E-state index contributed by atoms with van der Waals surface area (Å²) in [4.78, 5) is 11.6. The maximum atomic E-state index is 11.6. The van der Waals surface area contributed by atoms with Crippen LogP contribution in [0.4, 0.5) is 0 Å². The van der Waals surface area contributed by atoms with Crippen molar-refractivity contribution in [2.45, 2.75) is 6.92 Å². The van der Waals surface area contributed by atoms with E-state index in [9.17, 15) is 13.2 Å². The lowest BCUT2D eigenvalue weighted by atomic mass is 10.1. The number of benzene rings is 1. The third kappa shape index (κ3) is 4.84. The second kappa shape index (κ2) is 5.61. The Balaban J connectivity index is 2.61. The van der Waals surface area contributed by atoms with Crippen LogP contribution in [-0.4, -0.2) is 26.6 Å². The lowest BCUT2D eigenvalue weighted by Gasteiger charge is -2.06. The van der Waals surface area contributed by atoms with Crippen LogP contribution < -0.4 is 10.5 Å². The highest BCUT2D eigenvalue weighted by Crippen LogP contribution is 2.16. The molecule has 0 aliphatic rings. The summed E-state index contributed by atoms with van der Waals surface area (Å²) in [6.45, 7) is 1.87. The fraction of sp³-hybridized carbons (Fsp3) is 0.300. The monoisotopic (exact) mass is 320 g/mol. The van der Waals surface area contributed by atoms with Crippen LogP contribution in [0.15, 0.2) is 22.7 Å². The molecule has 1 aromatic carbocycles. The van der Waals surface area contributed by atoms with Crippen LogP contribution in [-0.2, 0) is 10.0 Å². The van der Waals surface area contributed by atoms with E-state index in [1.54, 1.807) is 18.2 Å². The van der Waals surface area contributed by atoms with Crippen LogP contribution in [0.3, 0.4) is 0 Å². The Kier molecular flexibility index (Phi) is 4.67. The summed E-state index contributed by atoms with van der Waals surface area (Å²) < 4.78 is 22.3. The molecule has 0 aliphatic heterocycles. The van der Waals surface area contributed by atoms with Gasteiger partial charge in [0.1, 0.15) is 0 Å². The summed E-state index contributed by atoms with van der Waals surface area (Å²) >= 11 is 3.33. The molecule has 1 aromatic rings. The van der Waals surface area contributed by atoms with Crippen molar-refractivity contribution in [2.75, 3.05) is 12.3 Å². The Labute approximate surface area is 109 Å². The van der Waals surface area contributed by atoms with Gasteiger partial charge in [-0.25, -0.2) is 13.6 Å². The highest BCUT2D eigenvalue weighted by Gasteiger charge is 2.08. The summed E-state index contributed by atoms with van der Waals surface area (Å²) in [6, 6.07) is 5.14. The molecule has 17 heavy (non-hydrogen) atoms. The molecule has 94 valence electrons. The molecule has 1 amide bonds. The van der Waals surface area contributed by atoms with Crippen molar-refractivity contribution in [3.63, 3.8) is 0 Å². The highest BCUT2D eigenvalue weighted by molar-refractivity contribution is 9.10. The van der Waals surface area contributed by atoms with Crippen LogP contribution in [0, 0.1) is 6.92 Å². The summed E-state index contributed by atoms with van der Waals surface area (Å²) in [6.07, 6.45) is 0. The van der Waals surface area contributed by atoms with Crippen molar-refractivity contribution in [2.24, 2.45) is 5.14 Å². The van der Waals surface area contributed by atoms with Gasteiger partial charge in [0, 0.05) is 16.6 Å². The third-order valence-electron chi connectivity index (χ3n) is 2.09. The standard InChI is InChI=1S/C10H13BrN2O3S/c1-7-6-8(2-3-9(7)11)10(14)13-4-5-17(12,15)16/h2-3,6H,4-5H2,1H3,(H,13,14)(H2,12,15,16). The van der Waals surface area contributed by atoms with E-state index in [2.05, 4.69) is 21.2 Å². The van der Waals surface area contributed by atoms with E-state index in [0.29, 0.717) is 5.56 Å². The van der Waals surface area contributed by atoms with E-state index in [1.165, 1.54) is 0 Å². The molecule has 0 radical (unpaired) electrons. The molecule has 1 rings (SSSR count).